The zero-order valence-electron chi connectivity index (χ0n) is 7.76. The first kappa shape index (κ1) is 11.3. The summed E-state index contributed by atoms with van der Waals surface area (Å²) in [6.45, 7) is 2.04. The highest BCUT2D eigenvalue weighted by molar-refractivity contribution is 6.66. The zero-order chi connectivity index (χ0) is 10.6. The number of hydrogen-bond donors (Lipinski definition) is 0. The van der Waals surface area contributed by atoms with Crippen LogP contribution in [0.5, 0.6) is 0 Å². The molecule has 3 heteroatoms. The van der Waals surface area contributed by atoms with Gasteiger partial charge in [-0.05, 0) is 41.3 Å². The number of carbonyl (C=O) groups excluding carboxylic acids is 1. The largest absolute Gasteiger partial charge is 0.276 e. The van der Waals surface area contributed by atoms with Gasteiger partial charge in [0.2, 0.25) is 5.24 Å². The van der Waals surface area contributed by atoms with Crippen molar-refractivity contribution < 1.29 is 4.79 Å². The van der Waals surface area contributed by atoms with Crippen LogP contribution in [0.25, 0.3) is 6.08 Å². The van der Waals surface area contributed by atoms with Gasteiger partial charge in [-0.1, -0.05) is 36.7 Å². The second-order valence-corrected chi connectivity index (χ2v) is 3.62. The number of benzene rings is 1. The van der Waals surface area contributed by atoms with Gasteiger partial charge in [-0.2, -0.15) is 0 Å². The van der Waals surface area contributed by atoms with E-state index in [1.165, 1.54) is 6.08 Å². The summed E-state index contributed by atoms with van der Waals surface area (Å²) in [6.07, 6.45) is 3.84. The Morgan fingerprint density at radius 1 is 1.50 bits per heavy atom. The first-order valence-electron chi connectivity index (χ1n) is 4.29. The molecule has 0 bridgehead atoms. The molecule has 0 fully saturated rings. The molecule has 0 aromatic heterocycles. The summed E-state index contributed by atoms with van der Waals surface area (Å²) in [5.41, 5.74) is 1.97. The monoisotopic (exact) mass is 228 g/mol. The van der Waals surface area contributed by atoms with E-state index in [9.17, 15) is 4.79 Å². The van der Waals surface area contributed by atoms with Gasteiger partial charge in [0, 0.05) is 5.02 Å². The minimum Gasteiger partial charge on any atom is -0.276 e. The minimum absolute atomic E-state index is 0.485. The van der Waals surface area contributed by atoms with Gasteiger partial charge in [0.15, 0.2) is 0 Å². The number of aryl methyl sites for hydroxylation is 1. The van der Waals surface area contributed by atoms with Gasteiger partial charge >= 0.3 is 0 Å². The molecule has 0 saturated carbocycles. The third-order valence-corrected chi connectivity index (χ3v) is 2.34. The van der Waals surface area contributed by atoms with Crippen LogP contribution in [0.4, 0.5) is 0 Å². The van der Waals surface area contributed by atoms with E-state index in [1.807, 2.05) is 25.1 Å². The van der Waals surface area contributed by atoms with Crippen molar-refractivity contribution in [3.05, 3.63) is 40.4 Å². The van der Waals surface area contributed by atoms with Crippen LogP contribution in [0.1, 0.15) is 18.1 Å². The Bertz CT molecular complexity index is 370. The van der Waals surface area contributed by atoms with Crippen molar-refractivity contribution >= 4 is 34.5 Å². The van der Waals surface area contributed by atoms with E-state index >= 15 is 0 Å². The second-order valence-electron chi connectivity index (χ2n) is 2.84. The Morgan fingerprint density at radius 2 is 2.21 bits per heavy atom. The van der Waals surface area contributed by atoms with Gasteiger partial charge in [-0.15, -0.1) is 0 Å². The Kier molecular flexibility index (Phi) is 4.18. The molecule has 1 nitrogen and oxygen atoms in total. The van der Waals surface area contributed by atoms with Crippen LogP contribution in [0.2, 0.25) is 5.02 Å². The van der Waals surface area contributed by atoms with Crippen molar-refractivity contribution in [1.82, 2.24) is 0 Å². The molecular formula is C11H10Cl2O. The molecule has 0 spiro atoms. The fourth-order valence-corrected chi connectivity index (χ4v) is 1.50. The van der Waals surface area contributed by atoms with Crippen molar-refractivity contribution in [1.29, 1.82) is 0 Å². The summed E-state index contributed by atoms with van der Waals surface area (Å²) in [5, 5.41) is 0.234. The van der Waals surface area contributed by atoms with Crippen LogP contribution in [0.3, 0.4) is 0 Å². The second kappa shape index (κ2) is 5.18. The molecule has 0 heterocycles. The van der Waals surface area contributed by atoms with Gasteiger partial charge in [-0.3, -0.25) is 4.79 Å². The first-order valence-corrected chi connectivity index (χ1v) is 5.05. The van der Waals surface area contributed by atoms with E-state index in [-0.39, 0.29) is 0 Å². The third-order valence-electron chi connectivity index (χ3n) is 1.86. The van der Waals surface area contributed by atoms with Crippen LogP contribution >= 0.6 is 23.2 Å². The lowest BCUT2D eigenvalue weighted by Crippen LogP contribution is -1.83. The summed E-state index contributed by atoms with van der Waals surface area (Å²) in [5.74, 6) is 0. The van der Waals surface area contributed by atoms with E-state index in [0.717, 1.165) is 22.6 Å². The lowest BCUT2D eigenvalue weighted by atomic mass is 10.1. The smallest absolute Gasteiger partial charge is 0.245 e. The highest BCUT2D eigenvalue weighted by atomic mass is 35.5. The molecule has 0 aliphatic rings. The number of halogens is 2. The highest BCUT2D eigenvalue weighted by Gasteiger charge is 1.97. The molecule has 0 saturated heterocycles. The van der Waals surface area contributed by atoms with E-state index in [2.05, 4.69) is 0 Å². The summed E-state index contributed by atoms with van der Waals surface area (Å²) in [7, 11) is 0. The number of carbonyl (C=O) groups is 1. The molecule has 0 N–H and O–H groups in total. The average Bonchev–Trinajstić information content (AvgIpc) is 2.15. The molecule has 0 atom stereocenters. The number of allylic oxidation sites excluding steroid dienone is 1. The first-order chi connectivity index (χ1) is 6.63. The van der Waals surface area contributed by atoms with Crippen LogP contribution in [-0.2, 0) is 11.2 Å². The average molecular weight is 229 g/mol. The number of hydrogen-bond acceptors (Lipinski definition) is 1. The van der Waals surface area contributed by atoms with Crippen LogP contribution < -0.4 is 0 Å². The van der Waals surface area contributed by atoms with Gasteiger partial charge in [0.05, 0.1) is 0 Å². The quantitative estimate of drug-likeness (QED) is 0.570. The molecule has 0 aliphatic heterocycles. The lowest BCUT2D eigenvalue weighted by Gasteiger charge is -2.01. The zero-order valence-corrected chi connectivity index (χ0v) is 9.27. The predicted octanol–water partition coefficient (Wildman–Crippen LogP) is 3.68. The van der Waals surface area contributed by atoms with Crippen molar-refractivity contribution in [3.63, 3.8) is 0 Å². The van der Waals surface area contributed by atoms with Crippen LogP contribution in [0.15, 0.2) is 24.3 Å². The standard InChI is InChI=1S/C11H10Cl2O/c1-2-9-5-3-8(7-10(9)12)4-6-11(13)14/h3-7H,2H2,1H3/b6-4+. The molecule has 74 valence electrons. The van der Waals surface area contributed by atoms with Crippen LogP contribution in [0, 0.1) is 0 Å². The van der Waals surface area contributed by atoms with E-state index in [4.69, 9.17) is 23.2 Å². The third kappa shape index (κ3) is 3.17. The van der Waals surface area contributed by atoms with Gasteiger partial charge in [0.25, 0.3) is 0 Å². The van der Waals surface area contributed by atoms with Gasteiger partial charge in [-0.25, -0.2) is 0 Å². The summed E-state index contributed by atoms with van der Waals surface area (Å²) in [4.78, 5) is 10.5. The fraction of sp³-hybridized carbons (Fsp3) is 0.182. The molecule has 1 aromatic carbocycles. The van der Waals surface area contributed by atoms with Crippen molar-refractivity contribution in [2.75, 3.05) is 0 Å². The SMILES string of the molecule is CCc1ccc(/C=C/C(=O)Cl)cc1Cl. The minimum atomic E-state index is -0.485. The molecule has 1 aromatic rings. The Balaban J connectivity index is 2.91. The fourth-order valence-electron chi connectivity index (χ4n) is 1.12. The molecule has 0 aliphatic carbocycles. The summed E-state index contributed by atoms with van der Waals surface area (Å²) >= 11 is 11.2. The van der Waals surface area contributed by atoms with Gasteiger partial charge in [0.1, 0.15) is 0 Å². The lowest BCUT2D eigenvalue weighted by molar-refractivity contribution is -0.107. The number of rotatable bonds is 3. The predicted molar refractivity (Wildman–Crippen MR) is 60.7 cm³/mol. The molecule has 1 rings (SSSR count). The van der Waals surface area contributed by atoms with E-state index in [0.29, 0.717) is 0 Å². The summed E-state index contributed by atoms with van der Waals surface area (Å²) < 4.78 is 0. The molecule has 0 radical (unpaired) electrons. The topological polar surface area (TPSA) is 17.1 Å². The Hall–Kier alpha value is -0.790. The van der Waals surface area contributed by atoms with Crippen LogP contribution in [-0.4, -0.2) is 5.24 Å². The maximum Gasteiger partial charge on any atom is 0.245 e. The van der Waals surface area contributed by atoms with Gasteiger partial charge < -0.3 is 0 Å². The highest BCUT2D eigenvalue weighted by Crippen LogP contribution is 2.19. The molecule has 0 unspecified atom stereocenters. The molecule has 14 heavy (non-hydrogen) atoms. The molecule has 0 amide bonds. The van der Waals surface area contributed by atoms with Crippen molar-refractivity contribution in [2.24, 2.45) is 0 Å². The van der Waals surface area contributed by atoms with E-state index in [1.54, 1.807) is 6.08 Å². The molecular weight excluding hydrogens is 219 g/mol. The Labute approximate surface area is 93.3 Å². The Morgan fingerprint density at radius 3 is 2.71 bits per heavy atom. The van der Waals surface area contributed by atoms with E-state index < -0.39 is 5.24 Å². The van der Waals surface area contributed by atoms with Crippen molar-refractivity contribution in [2.45, 2.75) is 13.3 Å². The maximum absolute atomic E-state index is 10.5. The maximum atomic E-state index is 10.5. The normalized spacial score (nSPS) is 10.8. The van der Waals surface area contributed by atoms with Crippen molar-refractivity contribution in [3.8, 4) is 0 Å². The summed E-state index contributed by atoms with van der Waals surface area (Å²) in [6, 6.07) is 5.67.